The smallest absolute Gasteiger partial charge is 0.243 e. The normalized spacial score (nSPS) is 11.8. The Morgan fingerprint density at radius 1 is 1.00 bits per heavy atom. The van der Waals surface area contributed by atoms with Crippen LogP contribution >= 0.6 is 0 Å². The standard InChI is InChI=1S/C20H16F2N4O2S/c21-15-5-6-16(22)19(13-15)29(27,28)24-11-12-26-18-4-2-1-3-17(18)25-20(26)14-7-9-23-10-8-14/h1-10,13,24H,11-12H2. The first kappa shape index (κ1) is 19.2. The third kappa shape index (κ3) is 3.87. The van der Waals surface area contributed by atoms with E-state index < -0.39 is 26.6 Å². The molecule has 0 spiro atoms. The minimum atomic E-state index is -4.21. The van der Waals surface area contributed by atoms with E-state index in [1.54, 1.807) is 12.4 Å². The molecule has 0 atom stereocenters. The number of pyridine rings is 1. The van der Waals surface area contributed by atoms with E-state index in [1.165, 1.54) is 0 Å². The molecule has 0 fully saturated rings. The van der Waals surface area contributed by atoms with E-state index >= 15 is 0 Å². The summed E-state index contributed by atoms with van der Waals surface area (Å²) >= 11 is 0. The van der Waals surface area contributed by atoms with Crippen LogP contribution in [0.15, 0.2) is 71.9 Å². The molecule has 4 rings (SSSR count). The van der Waals surface area contributed by atoms with Crippen LogP contribution in [-0.4, -0.2) is 29.5 Å². The SMILES string of the molecule is O=S(=O)(NCCn1c(-c2ccncc2)nc2ccccc21)c1cc(F)ccc1F. The van der Waals surface area contributed by atoms with Crippen molar-refractivity contribution in [2.75, 3.05) is 6.54 Å². The van der Waals surface area contributed by atoms with E-state index in [1.807, 2.05) is 41.0 Å². The summed E-state index contributed by atoms with van der Waals surface area (Å²) in [5.74, 6) is -1.18. The molecule has 2 heterocycles. The Bertz CT molecular complexity index is 1270. The quantitative estimate of drug-likeness (QED) is 0.525. The molecule has 0 amide bonds. The highest BCUT2D eigenvalue weighted by Gasteiger charge is 2.20. The number of hydrogen-bond acceptors (Lipinski definition) is 4. The second-order valence-electron chi connectivity index (χ2n) is 6.28. The van der Waals surface area contributed by atoms with Crippen LogP contribution in [-0.2, 0) is 16.6 Å². The van der Waals surface area contributed by atoms with Crippen LogP contribution in [0.1, 0.15) is 0 Å². The Labute approximate surface area is 165 Å². The van der Waals surface area contributed by atoms with Gasteiger partial charge in [0.05, 0.1) is 11.0 Å². The average Bonchev–Trinajstić information content (AvgIpc) is 3.09. The molecule has 0 bridgehead atoms. The topological polar surface area (TPSA) is 76.9 Å². The van der Waals surface area contributed by atoms with Crippen LogP contribution < -0.4 is 4.72 Å². The van der Waals surface area contributed by atoms with Gasteiger partial charge in [-0.25, -0.2) is 26.9 Å². The molecule has 0 unspecified atom stereocenters. The van der Waals surface area contributed by atoms with Gasteiger partial charge in [0.2, 0.25) is 10.0 Å². The van der Waals surface area contributed by atoms with Crippen molar-refractivity contribution < 1.29 is 17.2 Å². The molecule has 0 aliphatic rings. The van der Waals surface area contributed by atoms with Gasteiger partial charge in [-0.05, 0) is 42.5 Å². The highest BCUT2D eigenvalue weighted by Crippen LogP contribution is 2.24. The number of nitrogens with zero attached hydrogens (tertiary/aromatic N) is 3. The van der Waals surface area contributed by atoms with Gasteiger partial charge >= 0.3 is 0 Å². The van der Waals surface area contributed by atoms with Crippen molar-refractivity contribution in [2.45, 2.75) is 11.4 Å². The molecule has 29 heavy (non-hydrogen) atoms. The summed E-state index contributed by atoms with van der Waals surface area (Å²) in [7, 11) is -4.21. The molecule has 148 valence electrons. The van der Waals surface area contributed by atoms with Crippen molar-refractivity contribution in [3.63, 3.8) is 0 Å². The Morgan fingerprint density at radius 2 is 1.76 bits per heavy atom. The van der Waals surface area contributed by atoms with Crippen molar-refractivity contribution >= 4 is 21.1 Å². The number of hydrogen-bond donors (Lipinski definition) is 1. The third-order valence-electron chi connectivity index (χ3n) is 4.40. The molecule has 6 nitrogen and oxygen atoms in total. The van der Waals surface area contributed by atoms with E-state index in [0.29, 0.717) is 11.9 Å². The van der Waals surface area contributed by atoms with Gasteiger partial charge in [0, 0.05) is 31.0 Å². The summed E-state index contributed by atoms with van der Waals surface area (Å²) in [4.78, 5) is 7.91. The number of para-hydroxylation sites is 2. The van der Waals surface area contributed by atoms with Crippen LogP contribution in [0.3, 0.4) is 0 Å². The maximum Gasteiger partial charge on any atom is 0.243 e. The van der Waals surface area contributed by atoms with Gasteiger partial charge in [-0.1, -0.05) is 12.1 Å². The summed E-state index contributed by atoms with van der Waals surface area (Å²) in [5.41, 5.74) is 2.42. The number of rotatable bonds is 6. The maximum atomic E-state index is 13.9. The Hall–Kier alpha value is -3.17. The van der Waals surface area contributed by atoms with E-state index in [2.05, 4.69) is 14.7 Å². The molecular weight excluding hydrogens is 398 g/mol. The van der Waals surface area contributed by atoms with Crippen LogP contribution in [0.2, 0.25) is 0 Å². The summed E-state index contributed by atoms with van der Waals surface area (Å²) in [6.45, 7) is 0.213. The first-order valence-electron chi connectivity index (χ1n) is 8.76. The fraction of sp³-hybridized carbons (Fsp3) is 0.100. The number of sulfonamides is 1. The molecule has 0 radical (unpaired) electrons. The van der Waals surface area contributed by atoms with Gasteiger partial charge in [-0.2, -0.15) is 0 Å². The molecule has 2 aromatic heterocycles. The molecule has 4 aromatic rings. The molecule has 0 aliphatic carbocycles. The Morgan fingerprint density at radius 3 is 2.55 bits per heavy atom. The highest BCUT2D eigenvalue weighted by molar-refractivity contribution is 7.89. The maximum absolute atomic E-state index is 13.9. The number of halogens is 2. The first-order chi connectivity index (χ1) is 14.0. The second kappa shape index (κ2) is 7.69. The Kier molecular flexibility index (Phi) is 5.08. The van der Waals surface area contributed by atoms with Crippen molar-refractivity contribution in [3.8, 4) is 11.4 Å². The van der Waals surface area contributed by atoms with Crippen molar-refractivity contribution in [1.29, 1.82) is 0 Å². The Balaban J connectivity index is 1.62. The third-order valence-corrected chi connectivity index (χ3v) is 5.88. The van der Waals surface area contributed by atoms with Crippen LogP contribution in [0.4, 0.5) is 8.78 Å². The van der Waals surface area contributed by atoms with Crippen LogP contribution in [0.25, 0.3) is 22.4 Å². The number of benzene rings is 2. The largest absolute Gasteiger partial charge is 0.323 e. The molecule has 1 N–H and O–H groups in total. The number of fused-ring (bicyclic) bond motifs is 1. The van der Waals surface area contributed by atoms with Gasteiger partial charge in [0.15, 0.2) is 0 Å². The molecule has 0 aliphatic heterocycles. The number of aromatic nitrogens is 3. The zero-order valence-corrected chi connectivity index (χ0v) is 15.9. The van der Waals surface area contributed by atoms with Gasteiger partial charge in [-0.3, -0.25) is 4.98 Å². The van der Waals surface area contributed by atoms with Crippen molar-refractivity contribution in [1.82, 2.24) is 19.3 Å². The fourth-order valence-corrected chi connectivity index (χ4v) is 4.18. The van der Waals surface area contributed by atoms with Crippen molar-refractivity contribution in [2.24, 2.45) is 0 Å². The van der Waals surface area contributed by atoms with Gasteiger partial charge in [0.25, 0.3) is 0 Å². The van der Waals surface area contributed by atoms with Crippen LogP contribution in [0.5, 0.6) is 0 Å². The lowest BCUT2D eigenvalue weighted by atomic mass is 10.2. The van der Waals surface area contributed by atoms with Crippen LogP contribution in [0, 0.1) is 11.6 Å². The molecular formula is C20H16F2N4O2S. The lowest BCUT2D eigenvalue weighted by molar-refractivity contribution is 0.543. The fourth-order valence-electron chi connectivity index (χ4n) is 3.08. The summed E-state index contributed by atoms with van der Waals surface area (Å²) < 4.78 is 56.2. The lowest BCUT2D eigenvalue weighted by Crippen LogP contribution is -2.28. The zero-order valence-electron chi connectivity index (χ0n) is 15.1. The summed E-state index contributed by atoms with van der Waals surface area (Å²) in [5, 5.41) is 0. The van der Waals surface area contributed by atoms with E-state index in [-0.39, 0.29) is 13.1 Å². The molecule has 0 saturated heterocycles. The summed E-state index contributed by atoms with van der Waals surface area (Å²) in [6.07, 6.45) is 3.29. The van der Waals surface area contributed by atoms with E-state index in [0.717, 1.165) is 28.7 Å². The minimum absolute atomic E-state index is 0.0310. The summed E-state index contributed by atoms with van der Waals surface area (Å²) in [6, 6.07) is 13.4. The predicted octanol–water partition coefficient (Wildman–Crippen LogP) is 3.36. The second-order valence-corrected chi connectivity index (χ2v) is 8.02. The number of nitrogens with one attached hydrogen (secondary N) is 1. The van der Waals surface area contributed by atoms with Gasteiger partial charge in [0.1, 0.15) is 22.4 Å². The van der Waals surface area contributed by atoms with E-state index in [9.17, 15) is 17.2 Å². The monoisotopic (exact) mass is 414 g/mol. The zero-order chi connectivity index (χ0) is 20.4. The predicted molar refractivity (Wildman–Crippen MR) is 105 cm³/mol. The van der Waals surface area contributed by atoms with Gasteiger partial charge < -0.3 is 4.57 Å². The molecule has 0 saturated carbocycles. The van der Waals surface area contributed by atoms with Gasteiger partial charge in [-0.15, -0.1) is 0 Å². The average molecular weight is 414 g/mol. The number of imidazole rings is 1. The lowest BCUT2D eigenvalue weighted by Gasteiger charge is -2.11. The minimum Gasteiger partial charge on any atom is -0.323 e. The first-order valence-corrected chi connectivity index (χ1v) is 10.2. The molecule has 2 aromatic carbocycles. The van der Waals surface area contributed by atoms with Crippen molar-refractivity contribution in [3.05, 3.63) is 78.6 Å². The molecule has 9 heteroatoms. The highest BCUT2D eigenvalue weighted by atomic mass is 32.2. The van der Waals surface area contributed by atoms with E-state index in [4.69, 9.17) is 0 Å².